The lowest BCUT2D eigenvalue weighted by Gasteiger charge is -2.14. The number of carbonyl (C=O) groups excluding carboxylic acids is 1. The van der Waals surface area contributed by atoms with Gasteiger partial charge in [-0.15, -0.1) is 0 Å². The second kappa shape index (κ2) is 5.55. The molecule has 0 aromatic carbocycles. The van der Waals surface area contributed by atoms with Gasteiger partial charge in [0.25, 0.3) is 0 Å². The van der Waals surface area contributed by atoms with E-state index in [0.29, 0.717) is 12.1 Å². The highest BCUT2D eigenvalue weighted by atomic mass is 32.1. The summed E-state index contributed by atoms with van der Waals surface area (Å²) in [6.07, 6.45) is 2.27. The summed E-state index contributed by atoms with van der Waals surface area (Å²) in [5.74, 6) is -0.597. The van der Waals surface area contributed by atoms with Crippen LogP contribution in [0.5, 0.6) is 0 Å². The van der Waals surface area contributed by atoms with Gasteiger partial charge in [-0.25, -0.2) is 0 Å². The molecular weight excluding hydrogens is 222 g/mol. The molecule has 1 heterocycles. The zero-order valence-electron chi connectivity index (χ0n) is 9.36. The third-order valence-electron chi connectivity index (χ3n) is 2.33. The van der Waals surface area contributed by atoms with E-state index in [1.54, 1.807) is 18.3 Å². The predicted octanol–water partition coefficient (Wildman–Crippen LogP) is 1.64. The lowest BCUT2D eigenvalue weighted by molar-refractivity contribution is -0.118. The Hall–Kier alpha value is -1.49. The maximum atomic E-state index is 11.8. The highest BCUT2D eigenvalue weighted by molar-refractivity contribution is 7.80. The van der Waals surface area contributed by atoms with Crippen LogP contribution in [0.4, 0.5) is 5.69 Å². The maximum absolute atomic E-state index is 11.8. The van der Waals surface area contributed by atoms with Gasteiger partial charge in [-0.2, -0.15) is 0 Å². The summed E-state index contributed by atoms with van der Waals surface area (Å²) >= 11 is 4.84. The highest BCUT2D eigenvalue weighted by Crippen LogP contribution is 2.13. The summed E-state index contributed by atoms with van der Waals surface area (Å²) < 4.78 is 0. The van der Waals surface area contributed by atoms with Crippen molar-refractivity contribution in [1.29, 1.82) is 0 Å². The molecular formula is C11H15N3OS. The molecule has 0 bridgehead atoms. The van der Waals surface area contributed by atoms with Crippen LogP contribution in [0.2, 0.25) is 0 Å². The lowest BCUT2D eigenvalue weighted by Crippen LogP contribution is -2.32. The second-order valence-corrected chi connectivity index (χ2v) is 3.96. The Morgan fingerprint density at radius 2 is 2.38 bits per heavy atom. The molecule has 5 heteroatoms. The molecule has 4 nitrogen and oxygen atoms in total. The molecule has 1 aromatic rings. The molecule has 0 radical (unpaired) electrons. The number of hydrogen-bond acceptors (Lipinski definition) is 3. The quantitative estimate of drug-likeness (QED) is 0.781. The van der Waals surface area contributed by atoms with Gasteiger partial charge < -0.3 is 11.1 Å². The summed E-state index contributed by atoms with van der Waals surface area (Å²) in [7, 11) is 0. The molecule has 3 N–H and O–H groups in total. The van der Waals surface area contributed by atoms with Gasteiger partial charge in [-0.1, -0.05) is 19.1 Å². The van der Waals surface area contributed by atoms with Crippen molar-refractivity contribution in [2.75, 3.05) is 5.32 Å². The van der Waals surface area contributed by atoms with Gasteiger partial charge >= 0.3 is 0 Å². The normalized spacial score (nSPS) is 11.9. The van der Waals surface area contributed by atoms with E-state index in [1.165, 1.54) is 0 Å². The molecule has 1 amide bonds. The topological polar surface area (TPSA) is 68.0 Å². The zero-order valence-corrected chi connectivity index (χ0v) is 10.2. The average molecular weight is 237 g/mol. The monoisotopic (exact) mass is 237 g/mol. The molecule has 0 saturated carbocycles. The van der Waals surface area contributed by atoms with Gasteiger partial charge in [0.05, 0.1) is 22.3 Å². The fourth-order valence-corrected chi connectivity index (χ4v) is 1.63. The first-order valence-corrected chi connectivity index (χ1v) is 5.49. The molecule has 1 rings (SSSR count). The molecule has 0 fully saturated rings. The molecule has 0 aliphatic rings. The van der Waals surface area contributed by atoms with Crippen molar-refractivity contribution in [2.45, 2.75) is 20.3 Å². The Labute approximate surface area is 100 Å². The van der Waals surface area contributed by atoms with Crippen molar-refractivity contribution in [3.63, 3.8) is 0 Å². The van der Waals surface area contributed by atoms with Gasteiger partial charge in [0.15, 0.2) is 0 Å². The number of pyridine rings is 1. The summed E-state index contributed by atoms with van der Waals surface area (Å²) in [5, 5.41) is 2.77. The smallest absolute Gasteiger partial charge is 0.234 e. The summed E-state index contributed by atoms with van der Waals surface area (Å²) in [4.78, 5) is 16.1. The van der Waals surface area contributed by atoms with E-state index in [9.17, 15) is 4.79 Å². The van der Waals surface area contributed by atoms with Crippen LogP contribution in [0.3, 0.4) is 0 Å². The molecule has 0 aliphatic heterocycles. The fraction of sp³-hybridized carbons (Fsp3) is 0.364. The SMILES string of the molecule is CCC(C(=O)Nc1cccnc1C)C(N)=S. The summed E-state index contributed by atoms with van der Waals surface area (Å²) in [5.41, 5.74) is 6.96. The number of thiocarbonyl (C=S) groups is 1. The number of aryl methyl sites for hydroxylation is 1. The number of anilines is 1. The number of aromatic nitrogens is 1. The van der Waals surface area contributed by atoms with E-state index < -0.39 is 5.92 Å². The summed E-state index contributed by atoms with van der Waals surface area (Å²) in [6.45, 7) is 3.71. The van der Waals surface area contributed by atoms with E-state index in [1.807, 2.05) is 13.8 Å². The largest absolute Gasteiger partial charge is 0.393 e. The van der Waals surface area contributed by atoms with Crippen LogP contribution in [0.25, 0.3) is 0 Å². The summed E-state index contributed by atoms with van der Waals surface area (Å²) in [6, 6.07) is 3.57. The van der Waals surface area contributed by atoms with Gasteiger partial charge in [0, 0.05) is 6.20 Å². The average Bonchev–Trinajstić information content (AvgIpc) is 2.22. The molecule has 0 spiro atoms. The van der Waals surface area contributed by atoms with Crippen molar-refractivity contribution >= 4 is 28.8 Å². The van der Waals surface area contributed by atoms with Crippen LogP contribution in [0.1, 0.15) is 19.0 Å². The van der Waals surface area contributed by atoms with Crippen molar-refractivity contribution in [1.82, 2.24) is 4.98 Å². The first-order valence-electron chi connectivity index (χ1n) is 5.08. The Kier molecular flexibility index (Phi) is 4.37. The van der Waals surface area contributed by atoms with Crippen LogP contribution < -0.4 is 11.1 Å². The molecule has 86 valence electrons. The van der Waals surface area contributed by atoms with E-state index in [0.717, 1.165) is 5.69 Å². The van der Waals surface area contributed by atoms with Crippen molar-refractivity contribution < 1.29 is 4.79 Å². The first kappa shape index (κ1) is 12.6. The van der Waals surface area contributed by atoms with E-state index in [2.05, 4.69) is 10.3 Å². The van der Waals surface area contributed by atoms with Crippen LogP contribution >= 0.6 is 12.2 Å². The fourth-order valence-electron chi connectivity index (χ4n) is 1.35. The van der Waals surface area contributed by atoms with Gasteiger partial charge in [-0.05, 0) is 25.5 Å². The number of nitrogens with one attached hydrogen (secondary N) is 1. The molecule has 0 aliphatic carbocycles. The third kappa shape index (κ3) is 3.00. The van der Waals surface area contributed by atoms with Crippen LogP contribution in [0, 0.1) is 12.8 Å². The van der Waals surface area contributed by atoms with Gasteiger partial charge in [0.1, 0.15) is 0 Å². The number of rotatable bonds is 4. The number of nitrogens with zero attached hydrogens (tertiary/aromatic N) is 1. The minimum Gasteiger partial charge on any atom is -0.393 e. The van der Waals surface area contributed by atoms with E-state index in [4.69, 9.17) is 18.0 Å². The van der Waals surface area contributed by atoms with Gasteiger partial charge in [0.2, 0.25) is 5.91 Å². The predicted molar refractivity (Wildman–Crippen MR) is 68.2 cm³/mol. The van der Waals surface area contributed by atoms with Crippen LogP contribution in [-0.2, 0) is 4.79 Å². The minimum atomic E-state index is -0.422. The zero-order chi connectivity index (χ0) is 12.1. The number of carbonyl (C=O) groups is 1. The van der Waals surface area contributed by atoms with E-state index >= 15 is 0 Å². The lowest BCUT2D eigenvalue weighted by atomic mass is 10.1. The molecule has 0 saturated heterocycles. The number of amides is 1. The molecule has 1 atom stereocenters. The molecule has 1 unspecified atom stereocenters. The second-order valence-electron chi connectivity index (χ2n) is 3.49. The van der Waals surface area contributed by atoms with Crippen LogP contribution in [0.15, 0.2) is 18.3 Å². The van der Waals surface area contributed by atoms with E-state index in [-0.39, 0.29) is 10.9 Å². The van der Waals surface area contributed by atoms with Crippen molar-refractivity contribution in [3.8, 4) is 0 Å². The van der Waals surface area contributed by atoms with Crippen molar-refractivity contribution in [3.05, 3.63) is 24.0 Å². The Bertz CT molecular complexity index is 406. The standard InChI is InChI=1S/C11H15N3OS/c1-3-8(10(12)16)11(15)14-9-5-4-6-13-7(9)2/h4-6,8H,3H2,1-2H3,(H2,12,16)(H,14,15). The Morgan fingerprint density at radius 3 is 2.88 bits per heavy atom. The maximum Gasteiger partial charge on any atom is 0.234 e. The number of nitrogens with two attached hydrogens (primary N) is 1. The van der Waals surface area contributed by atoms with Gasteiger partial charge in [-0.3, -0.25) is 9.78 Å². The Balaban J connectivity index is 2.78. The van der Waals surface area contributed by atoms with Crippen molar-refractivity contribution in [2.24, 2.45) is 11.7 Å². The minimum absolute atomic E-state index is 0.175. The van der Waals surface area contributed by atoms with Crippen LogP contribution in [-0.4, -0.2) is 15.9 Å². The molecule has 1 aromatic heterocycles. The third-order valence-corrected chi connectivity index (χ3v) is 2.62. The Morgan fingerprint density at radius 1 is 1.69 bits per heavy atom. The molecule has 16 heavy (non-hydrogen) atoms. The first-order chi connectivity index (χ1) is 7.56. The number of hydrogen-bond donors (Lipinski definition) is 2. The highest BCUT2D eigenvalue weighted by Gasteiger charge is 2.19.